The summed E-state index contributed by atoms with van der Waals surface area (Å²) >= 11 is 0. The number of hydrogen-bond donors (Lipinski definition) is 0. The first-order valence-electron chi connectivity index (χ1n) is 11.7. The molecule has 7 nitrogen and oxygen atoms in total. The van der Waals surface area contributed by atoms with Crippen LogP contribution in [0.3, 0.4) is 0 Å². The van der Waals surface area contributed by atoms with Crippen molar-refractivity contribution in [2.24, 2.45) is 7.05 Å². The van der Waals surface area contributed by atoms with Gasteiger partial charge < -0.3 is 4.74 Å². The lowest BCUT2D eigenvalue weighted by molar-refractivity contribution is -0.0384. The van der Waals surface area contributed by atoms with Gasteiger partial charge in [-0.25, -0.2) is 14.6 Å². The highest BCUT2D eigenvalue weighted by Gasteiger charge is 2.27. The Morgan fingerprint density at radius 1 is 0.971 bits per heavy atom. The SMILES string of the molecule is Cc1nn(C2CCCCO2)c(-c2ccccc2)c1-c1ncnc2cc(-c3cnn(C)c3)ccc12. The lowest BCUT2D eigenvalue weighted by atomic mass is 9.98. The molecule has 0 spiro atoms. The molecule has 34 heavy (non-hydrogen) atoms. The topological polar surface area (TPSA) is 70.7 Å². The molecule has 0 bridgehead atoms. The number of benzene rings is 2. The van der Waals surface area contributed by atoms with Crippen LogP contribution < -0.4 is 0 Å². The summed E-state index contributed by atoms with van der Waals surface area (Å²) in [5.74, 6) is 0. The van der Waals surface area contributed by atoms with E-state index in [1.807, 2.05) is 30.2 Å². The van der Waals surface area contributed by atoms with Gasteiger partial charge in [0.15, 0.2) is 6.23 Å². The fourth-order valence-electron chi connectivity index (χ4n) is 4.83. The number of hydrogen-bond acceptors (Lipinski definition) is 5. The second-order valence-corrected chi connectivity index (χ2v) is 8.80. The van der Waals surface area contributed by atoms with Crippen molar-refractivity contribution in [1.29, 1.82) is 0 Å². The van der Waals surface area contributed by atoms with E-state index in [1.54, 1.807) is 6.33 Å². The molecule has 1 unspecified atom stereocenters. The van der Waals surface area contributed by atoms with E-state index in [0.717, 1.165) is 76.1 Å². The number of rotatable bonds is 4. The fraction of sp³-hybridized carbons (Fsp3) is 0.259. The average molecular weight is 451 g/mol. The van der Waals surface area contributed by atoms with Crippen molar-refractivity contribution >= 4 is 10.9 Å². The van der Waals surface area contributed by atoms with Crippen LogP contribution in [0.5, 0.6) is 0 Å². The van der Waals surface area contributed by atoms with Gasteiger partial charge in [-0.2, -0.15) is 10.2 Å². The first-order valence-corrected chi connectivity index (χ1v) is 11.7. The van der Waals surface area contributed by atoms with Crippen molar-refractivity contribution in [1.82, 2.24) is 29.5 Å². The predicted octanol–water partition coefficient (Wildman–Crippen LogP) is 5.57. The Balaban J connectivity index is 1.55. The van der Waals surface area contributed by atoms with E-state index in [-0.39, 0.29) is 6.23 Å². The summed E-state index contributed by atoms with van der Waals surface area (Å²) in [6.45, 7) is 2.82. The molecule has 0 saturated carbocycles. The molecule has 0 aliphatic carbocycles. The van der Waals surface area contributed by atoms with E-state index in [0.29, 0.717) is 0 Å². The van der Waals surface area contributed by atoms with Crippen LogP contribution in [0.1, 0.15) is 31.2 Å². The highest BCUT2D eigenvalue weighted by atomic mass is 16.5. The summed E-state index contributed by atoms with van der Waals surface area (Å²) in [5, 5.41) is 10.3. The molecule has 4 heterocycles. The van der Waals surface area contributed by atoms with Gasteiger partial charge in [0, 0.05) is 41.9 Å². The minimum atomic E-state index is -0.0679. The Labute approximate surface area is 198 Å². The Morgan fingerprint density at radius 3 is 2.62 bits per heavy atom. The van der Waals surface area contributed by atoms with E-state index in [9.17, 15) is 0 Å². The third kappa shape index (κ3) is 3.58. The molecule has 6 rings (SSSR count). The fourth-order valence-corrected chi connectivity index (χ4v) is 4.83. The minimum Gasteiger partial charge on any atom is -0.356 e. The third-order valence-electron chi connectivity index (χ3n) is 6.47. The van der Waals surface area contributed by atoms with Crippen LogP contribution >= 0.6 is 0 Å². The van der Waals surface area contributed by atoms with Gasteiger partial charge in [0.25, 0.3) is 0 Å². The normalized spacial score (nSPS) is 16.2. The standard InChI is InChI=1S/C27H26N6O/c1-18-25(27(19-8-4-3-5-9-19)33(31-18)24-10-6-7-13-34-24)26-22-12-11-20(14-23(22)28-17-29-26)21-15-30-32(2)16-21/h3-5,8-9,11-12,14-17,24H,6-7,10,13H2,1-2H3. The summed E-state index contributed by atoms with van der Waals surface area (Å²) in [7, 11) is 1.92. The Morgan fingerprint density at radius 2 is 1.85 bits per heavy atom. The van der Waals surface area contributed by atoms with E-state index < -0.39 is 0 Å². The molecular weight excluding hydrogens is 424 g/mol. The zero-order valence-corrected chi connectivity index (χ0v) is 19.3. The van der Waals surface area contributed by atoms with Crippen LogP contribution in [0.2, 0.25) is 0 Å². The summed E-state index contributed by atoms with van der Waals surface area (Å²) in [5.41, 5.74) is 8.04. The highest BCUT2D eigenvalue weighted by Crippen LogP contribution is 2.40. The van der Waals surface area contributed by atoms with Crippen LogP contribution in [0.15, 0.2) is 67.3 Å². The van der Waals surface area contributed by atoms with Crippen molar-refractivity contribution in [2.45, 2.75) is 32.4 Å². The number of fused-ring (bicyclic) bond motifs is 1. The van der Waals surface area contributed by atoms with E-state index in [1.165, 1.54) is 0 Å². The summed E-state index contributed by atoms with van der Waals surface area (Å²) < 4.78 is 10.0. The summed E-state index contributed by atoms with van der Waals surface area (Å²) in [6.07, 6.45) is 8.65. The van der Waals surface area contributed by atoms with E-state index in [2.05, 4.69) is 64.2 Å². The van der Waals surface area contributed by atoms with Crippen molar-refractivity contribution in [3.63, 3.8) is 0 Å². The quantitative estimate of drug-likeness (QED) is 0.358. The van der Waals surface area contributed by atoms with Gasteiger partial charge >= 0.3 is 0 Å². The number of ether oxygens (including phenoxy) is 1. The Bertz CT molecular complexity index is 1460. The zero-order valence-electron chi connectivity index (χ0n) is 19.3. The maximum Gasteiger partial charge on any atom is 0.150 e. The monoisotopic (exact) mass is 450 g/mol. The number of nitrogens with zero attached hydrogens (tertiary/aromatic N) is 6. The van der Waals surface area contributed by atoms with Gasteiger partial charge in [0.1, 0.15) is 6.33 Å². The molecule has 0 amide bonds. The second kappa shape index (κ2) is 8.50. The van der Waals surface area contributed by atoms with Crippen LogP contribution in [0.25, 0.3) is 44.5 Å². The molecule has 1 aliphatic rings. The predicted molar refractivity (Wildman–Crippen MR) is 132 cm³/mol. The molecule has 1 saturated heterocycles. The van der Waals surface area contributed by atoms with Crippen LogP contribution in [0, 0.1) is 6.92 Å². The molecule has 1 fully saturated rings. The first kappa shape index (κ1) is 20.7. The first-order chi connectivity index (χ1) is 16.7. The van der Waals surface area contributed by atoms with E-state index in [4.69, 9.17) is 14.8 Å². The molecule has 2 aromatic carbocycles. The summed E-state index contributed by atoms with van der Waals surface area (Å²) in [4.78, 5) is 9.37. The zero-order chi connectivity index (χ0) is 23.1. The third-order valence-corrected chi connectivity index (χ3v) is 6.47. The number of aromatic nitrogens is 6. The van der Waals surface area contributed by atoms with Gasteiger partial charge in [0.05, 0.1) is 28.8 Å². The molecular formula is C27H26N6O. The average Bonchev–Trinajstić information content (AvgIpc) is 3.47. The van der Waals surface area contributed by atoms with E-state index >= 15 is 0 Å². The van der Waals surface area contributed by atoms with Gasteiger partial charge in [-0.15, -0.1) is 0 Å². The smallest absolute Gasteiger partial charge is 0.150 e. The van der Waals surface area contributed by atoms with Crippen LogP contribution in [-0.4, -0.2) is 36.1 Å². The summed E-state index contributed by atoms with van der Waals surface area (Å²) in [6, 6.07) is 16.7. The van der Waals surface area contributed by atoms with Crippen molar-refractivity contribution in [3.05, 3.63) is 72.9 Å². The maximum atomic E-state index is 6.14. The molecule has 3 aromatic heterocycles. The molecule has 0 radical (unpaired) electrons. The van der Waals surface area contributed by atoms with Gasteiger partial charge in [-0.3, -0.25) is 4.68 Å². The van der Waals surface area contributed by atoms with Gasteiger partial charge in [-0.05, 0) is 43.9 Å². The van der Waals surface area contributed by atoms with Crippen LogP contribution in [0.4, 0.5) is 0 Å². The van der Waals surface area contributed by atoms with Gasteiger partial charge in [-0.1, -0.05) is 36.4 Å². The van der Waals surface area contributed by atoms with Crippen molar-refractivity contribution in [2.75, 3.05) is 6.61 Å². The molecule has 170 valence electrons. The molecule has 7 heteroatoms. The molecule has 1 atom stereocenters. The largest absolute Gasteiger partial charge is 0.356 e. The minimum absolute atomic E-state index is 0.0679. The maximum absolute atomic E-state index is 6.14. The number of aryl methyl sites for hydroxylation is 2. The van der Waals surface area contributed by atoms with Gasteiger partial charge in [0.2, 0.25) is 0 Å². The Kier molecular flexibility index (Phi) is 5.19. The highest BCUT2D eigenvalue weighted by molar-refractivity contribution is 5.98. The molecule has 1 aliphatic heterocycles. The van der Waals surface area contributed by atoms with Crippen molar-refractivity contribution in [3.8, 4) is 33.6 Å². The molecule has 0 N–H and O–H groups in total. The van der Waals surface area contributed by atoms with Crippen LogP contribution in [-0.2, 0) is 11.8 Å². The Hall–Kier alpha value is -3.84. The molecule has 5 aromatic rings. The lowest BCUT2D eigenvalue weighted by Crippen LogP contribution is -2.20. The second-order valence-electron chi connectivity index (χ2n) is 8.80. The lowest BCUT2D eigenvalue weighted by Gasteiger charge is -2.25. The van der Waals surface area contributed by atoms with Crippen molar-refractivity contribution < 1.29 is 4.74 Å².